The molecule has 0 aromatic heterocycles. The number of amides is 1. The van der Waals surface area contributed by atoms with Crippen LogP contribution in [0.25, 0.3) is 0 Å². The summed E-state index contributed by atoms with van der Waals surface area (Å²) in [4.78, 5) is 12.7. The van der Waals surface area contributed by atoms with E-state index in [0.29, 0.717) is 11.4 Å². The van der Waals surface area contributed by atoms with Crippen LogP contribution in [0.5, 0.6) is 0 Å². The molecule has 2 rings (SSSR count). The fraction of sp³-hybridized carbons (Fsp3) is 0.417. The summed E-state index contributed by atoms with van der Waals surface area (Å²) >= 11 is 7.17. The third-order valence-electron chi connectivity index (χ3n) is 2.78. The van der Waals surface area contributed by atoms with Crippen LogP contribution < -0.4 is 5.32 Å². The second kappa shape index (κ2) is 6.15. The fourth-order valence-corrected chi connectivity index (χ4v) is 4.37. The Kier molecular flexibility index (Phi) is 4.76. The number of carbonyl (C=O) groups excluding carboxylic acids is 1. The Bertz CT molecular complexity index is 557. The topological polar surface area (TPSA) is 63.2 Å². The lowest BCUT2D eigenvalue weighted by Gasteiger charge is -2.10. The molecule has 0 radical (unpaired) electrons. The molecule has 7 heteroatoms. The number of thioether (sulfide) groups is 1. The summed E-state index contributed by atoms with van der Waals surface area (Å²) in [6.07, 6.45) is 0.514. The molecule has 1 fully saturated rings. The van der Waals surface area contributed by atoms with Gasteiger partial charge in [0, 0.05) is 16.0 Å². The highest BCUT2D eigenvalue weighted by molar-refractivity contribution is 8.00. The van der Waals surface area contributed by atoms with E-state index in [4.69, 9.17) is 11.6 Å². The van der Waals surface area contributed by atoms with Crippen molar-refractivity contribution in [1.29, 1.82) is 0 Å². The van der Waals surface area contributed by atoms with Crippen molar-refractivity contribution in [2.24, 2.45) is 0 Å². The largest absolute Gasteiger partial charge is 0.352 e. The molecule has 1 atom stereocenters. The minimum atomic E-state index is -2.95. The number of nitrogens with one attached hydrogen (secondary N) is 1. The van der Waals surface area contributed by atoms with Gasteiger partial charge in [0.1, 0.15) is 0 Å². The van der Waals surface area contributed by atoms with Crippen molar-refractivity contribution in [2.45, 2.75) is 17.4 Å². The van der Waals surface area contributed by atoms with E-state index in [-0.39, 0.29) is 29.2 Å². The first kappa shape index (κ1) is 14.7. The second-order valence-corrected chi connectivity index (χ2v) is 8.12. The highest BCUT2D eigenvalue weighted by Gasteiger charge is 2.28. The highest BCUT2D eigenvalue weighted by Crippen LogP contribution is 2.20. The molecule has 4 nitrogen and oxygen atoms in total. The molecule has 1 aliphatic rings. The van der Waals surface area contributed by atoms with Gasteiger partial charge < -0.3 is 5.32 Å². The summed E-state index contributed by atoms with van der Waals surface area (Å²) in [5, 5.41) is 3.41. The van der Waals surface area contributed by atoms with Gasteiger partial charge in [-0.1, -0.05) is 11.6 Å². The highest BCUT2D eigenvalue weighted by atomic mass is 35.5. The van der Waals surface area contributed by atoms with E-state index in [1.807, 2.05) is 12.1 Å². The Balaban J connectivity index is 1.77. The average Bonchev–Trinajstić information content (AvgIpc) is 2.68. The molecule has 0 spiro atoms. The van der Waals surface area contributed by atoms with Crippen molar-refractivity contribution in [3.63, 3.8) is 0 Å². The normalized spacial score (nSPS) is 21.2. The van der Waals surface area contributed by atoms with Crippen molar-refractivity contribution in [3.05, 3.63) is 29.3 Å². The minimum absolute atomic E-state index is 0.0599. The van der Waals surface area contributed by atoms with Crippen LogP contribution >= 0.6 is 23.4 Å². The number of sulfone groups is 1. The molecular formula is C12H14ClNO3S2. The lowest BCUT2D eigenvalue weighted by atomic mass is 10.3. The van der Waals surface area contributed by atoms with Gasteiger partial charge in [-0.15, -0.1) is 11.8 Å². The maximum Gasteiger partial charge on any atom is 0.230 e. The van der Waals surface area contributed by atoms with E-state index in [9.17, 15) is 13.2 Å². The zero-order valence-corrected chi connectivity index (χ0v) is 12.5. The number of carbonyl (C=O) groups is 1. The predicted octanol–water partition coefficient (Wildman–Crippen LogP) is 1.74. The van der Waals surface area contributed by atoms with Gasteiger partial charge in [0.15, 0.2) is 9.84 Å². The van der Waals surface area contributed by atoms with Gasteiger partial charge in [-0.25, -0.2) is 8.42 Å². The quantitative estimate of drug-likeness (QED) is 0.859. The van der Waals surface area contributed by atoms with Crippen LogP contribution in [0.1, 0.15) is 6.42 Å². The summed E-state index contributed by atoms with van der Waals surface area (Å²) in [5.74, 6) is 0.368. The van der Waals surface area contributed by atoms with Crippen LogP contribution in [-0.4, -0.2) is 37.6 Å². The lowest BCUT2D eigenvalue weighted by molar-refractivity contribution is -0.119. The average molecular weight is 320 g/mol. The molecule has 0 aliphatic carbocycles. The first-order valence-electron chi connectivity index (χ1n) is 5.83. The molecule has 1 heterocycles. The summed E-state index contributed by atoms with van der Waals surface area (Å²) in [6, 6.07) is 7.00. The first-order valence-corrected chi connectivity index (χ1v) is 9.01. The smallest absolute Gasteiger partial charge is 0.230 e. The Hall–Kier alpha value is -0.720. The maximum absolute atomic E-state index is 11.7. The predicted molar refractivity (Wildman–Crippen MR) is 77.4 cm³/mol. The van der Waals surface area contributed by atoms with Crippen LogP contribution in [0.4, 0.5) is 0 Å². The molecule has 1 saturated heterocycles. The van der Waals surface area contributed by atoms with E-state index in [2.05, 4.69) is 5.32 Å². The van der Waals surface area contributed by atoms with Gasteiger partial charge in [0.25, 0.3) is 0 Å². The van der Waals surface area contributed by atoms with E-state index < -0.39 is 9.84 Å². The monoisotopic (exact) mass is 319 g/mol. The van der Waals surface area contributed by atoms with Crippen molar-refractivity contribution in [2.75, 3.05) is 17.3 Å². The van der Waals surface area contributed by atoms with Crippen molar-refractivity contribution >= 4 is 39.1 Å². The molecule has 1 aliphatic heterocycles. The van der Waals surface area contributed by atoms with Gasteiger partial charge in [-0.3, -0.25) is 4.79 Å². The molecule has 104 valence electrons. The number of hydrogen-bond acceptors (Lipinski definition) is 4. The SMILES string of the molecule is O=C(CSc1ccc(Cl)cc1)NC1CCS(=O)(=O)C1. The van der Waals surface area contributed by atoms with Gasteiger partial charge in [0.2, 0.25) is 5.91 Å². The van der Waals surface area contributed by atoms with E-state index in [1.54, 1.807) is 12.1 Å². The lowest BCUT2D eigenvalue weighted by Crippen LogP contribution is -2.36. The van der Waals surface area contributed by atoms with Crippen LogP contribution in [0.3, 0.4) is 0 Å². The zero-order chi connectivity index (χ0) is 13.9. The molecule has 1 aromatic carbocycles. The van der Waals surface area contributed by atoms with Gasteiger partial charge >= 0.3 is 0 Å². The Morgan fingerprint density at radius 2 is 2.05 bits per heavy atom. The first-order chi connectivity index (χ1) is 8.94. The Labute approximate surface area is 121 Å². The van der Waals surface area contributed by atoms with Crippen LogP contribution in [0.15, 0.2) is 29.2 Å². The summed E-state index contributed by atoms with van der Waals surface area (Å²) < 4.78 is 22.5. The Morgan fingerprint density at radius 1 is 1.37 bits per heavy atom. The van der Waals surface area contributed by atoms with Gasteiger partial charge in [0.05, 0.1) is 17.3 Å². The molecule has 1 unspecified atom stereocenters. The molecule has 1 amide bonds. The van der Waals surface area contributed by atoms with Crippen molar-refractivity contribution < 1.29 is 13.2 Å². The summed E-state index contributed by atoms with van der Waals surface area (Å²) in [5.41, 5.74) is 0. The number of halogens is 1. The summed E-state index contributed by atoms with van der Waals surface area (Å²) in [7, 11) is -2.95. The fourth-order valence-electron chi connectivity index (χ4n) is 1.86. The van der Waals surface area contributed by atoms with E-state index >= 15 is 0 Å². The van der Waals surface area contributed by atoms with E-state index in [0.717, 1.165) is 4.90 Å². The Morgan fingerprint density at radius 3 is 2.63 bits per heavy atom. The third-order valence-corrected chi connectivity index (χ3v) is 5.81. The van der Waals surface area contributed by atoms with Crippen molar-refractivity contribution in [3.8, 4) is 0 Å². The molecular weight excluding hydrogens is 306 g/mol. The van der Waals surface area contributed by atoms with E-state index in [1.165, 1.54) is 11.8 Å². The standard InChI is InChI=1S/C12H14ClNO3S2/c13-9-1-3-11(4-2-9)18-7-12(15)14-10-5-6-19(16,17)8-10/h1-4,10H,5-8H2,(H,14,15). The molecule has 0 saturated carbocycles. The molecule has 0 bridgehead atoms. The number of benzene rings is 1. The van der Waals surface area contributed by atoms with Crippen LogP contribution in [0.2, 0.25) is 5.02 Å². The van der Waals surface area contributed by atoms with Crippen molar-refractivity contribution in [1.82, 2.24) is 5.32 Å². The molecule has 19 heavy (non-hydrogen) atoms. The zero-order valence-electron chi connectivity index (χ0n) is 10.1. The molecule has 1 aromatic rings. The maximum atomic E-state index is 11.7. The van der Waals surface area contributed by atoms with Crippen LogP contribution in [0, 0.1) is 0 Å². The number of rotatable bonds is 4. The molecule has 1 N–H and O–H groups in total. The minimum Gasteiger partial charge on any atom is -0.352 e. The summed E-state index contributed by atoms with van der Waals surface area (Å²) in [6.45, 7) is 0. The van der Waals surface area contributed by atoms with Crippen LogP contribution in [-0.2, 0) is 14.6 Å². The van der Waals surface area contributed by atoms with Gasteiger partial charge in [-0.05, 0) is 30.7 Å². The van der Waals surface area contributed by atoms with Gasteiger partial charge in [-0.2, -0.15) is 0 Å². The second-order valence-electron chi connectivity index (χ2n) is 4.41. The number of hydrogen-bond donors (Lipinski definition) is 1. The third kappa shape index (κ3) is 4.71.